The molecule has 7 nitrogen and oxygen atoms in total. The standard InChI is InChI=1S/C20H23N3O4/c1-15-17(8-5-9-19(15)23(25)26)20(24)21-18(16-6-3-2-4-7-16)14-22-10-12-27-13-11-22/h2-9,18H,10-14H2,1H3,(H,21,24). The lowest BCUT2D eigenvalue weighted by Crippen LogP contribution is -2.43. The number of rotatable bonds is 6. The summed E-state index contributed by atoms with van der Waals surface area (Å²) in [4.78, 5) is 25.8. The van der Waals surface area contributed by atoms with E-state index in [1.54, 1.807) is 19.1 Å². The highest BCUT2D eigenvalue weighted by Gasteiger charge is 2.23. The molecule has 1 saturated heterocycles. The number of nitrogens with one attached hydrogen (secondary N) is 1. The minimum atomic E-state index is -0.464. The molecule has 27 heavy (non-hydrogen) atoms. The Morgan fingerprint density at radius 2 is 1.89 bits per heavy atom. The summed E-state index contributed by atoms with van der Waals surface area (Å²) < 4.78 is 5.40. The number of hydrogen-bond acceptors (Lipinski definition) is 5. The molecule has 0 saturated carbocycles. The van der Waals surface area contributed by atoms with Crippen LogP contribution in [0.4, 0.5) is 5.69 Å². The van der Waals surface area contributed by atoms with E-state index in [0.29, 0.717) is 30.9 Å². The molecule has 2 aromatic carbocycles. The second-order valence-corrected chi connectivity index (χ2v) is 6.56. The first-order valence-corrected chi connectivity index (χ1v) is 8.96. The maximum absolute atomic E-state index is 12.9. The smallest absolute Gasteiger partial charge is 0.273 e. The van der Waals surface area contributed by atoms with Gasteiger partial charge in [-0.15, -0.1) is 0 Å². The molecule has 0 bridgehead atoms. The summed E-state index contributed by atoms with van der Waals surface area (Å²) in [6.07, 6.45) is 0. The van der Waals surface area contributed by atoms with E-state index in [1.807, 2.05) is 30.3 Å². The fraction of sp³-hybridized carbons (Fsp3) is 0.350. The number of morpholine rings is 1. The van der Waals surface area contributed by atoms with Crippen LogP contribution in [0.5, 0.6) is 0 Å². The van der Waals surface area contributed by atoms with Crippen LogP contribution in [0.25, 0.3) is 0 Å². The minimum Gasteiger partial charge on any atom is -0.379 e. The molecule has 1 amide bonds. The Labute approximate surface area is 158 Å². The summed E-state index contributed by atoms with van der Waals surface area (Å²) in [5, 5.41) is 14.2. The van der Waals surface area contributed by atoms with Crippen molar-refractivity contribution < 1.29 is 14.5 Å². The number of hydrogen-bond donors (Lipinski definition) is 1. The van der Waals surface area contributed by atoms with Crippen LogP contribution in [0, 0.1) is 17.0 Å². The van der Waals surface area contributed by atoms with Gasteiger partial charge in [-0.1, -0.05) is 36.4 Å². The van der Waals surface area contributed by atoms with Gasteiger partial charge in [0, 0.05) is 36.8 Å². The van der Waals surface area contributed by atoms with Crippen molar-refractivity contribution in [3.8, 4) is 0 Å². The van der Waals surface area contributed by atoms with Crippen LogP contribution >= 0.6 is 0 Å². The van der Waals surface area contributed by atoms with Crippen LogP contribution in [0.15, 0.2) is 48.5 Å². The Bertz CT molecular complexity index is 804. The zero-order valence-corrected chi connectivity index (χ0v) is 15.3. The van der Waals surface area contributed by atoms with E-state index in [1.165, 1.54) is 6.07 Å². The van der Waals surface area contributed by atoms with Gasteiger partial charge in [-0.25, -0.2) is 0 Å². The third kappa shape index (κ3) is 4.69. The number of carbonyl (C=O) groups excluding carboxylic acids is 1. The first kappa shape index (κ1) is 19.0. The number of carbonyl (C=O) groups is 1. The van der Waals surface area contributed by atoms with E-state index >= 15 is 0 Å². The predicted octanol–water partition coefficient (Wildman–Crippen LogP) is 2.71. The Hall–Kier alpha value is -2.77. The summed E-state index contributed by atoms with van der Waals surface area (Å²) >= 11 is 0. The largest absolute Gasteiger partial charge is 0.379 e. The molecule has 1 aliphatic rings. The number of nitro benzene ring substituents is 1. The predicted molar refractivity (Wildman–Crippen MR) is 102 cm³/mol. The molecule has 1 N–H and O–H groups in total. The van der Waals surface area contributed by atoms with E-state index in [9.17, 15) is 14.9 Å². The molecule has 7 heteroatoms. The van der Waals surface area contributed by atoms with Gasteiger partial charge in [-0.2, -0.15) is 0 Å². The molecular weight excluding hydrogens is 346 g/mol. The van der Waals surface area contributed by atoms with Crippen molar-refractivity contribution in [3.05, 3.63) is 75.3 Å². The monoisotopic (exact) mass is 369 g/mol. The molecule has 1 heterocycles. The lowest BCUT2D eigenvalue weighted by atomic mass is 10.0. The first-order chi connectivity index (χ1) is 13.1. The molecule has 0 aliphatic carbocycles. The van der Waals surface area contributed by atoms with Crippen molar-refractivity contribution in [1.82, 2.24) is 10.2 Å². The quantitative estimate of drug-likeness (QED) is 0.625. The normalized spacial score (nSPS) is 15.9. The van der Waals surface area contributed by atoms with Crippen LogP contribution in [0.1, 0.15) is 27.5 Å². The van der Waals surface area contributed by atoms with E-state index in [0.717, 1.165) is 18.7 Å². The molecule has 1 atom stereocenters. The molecular formula is C20H23N3O4. The Morgan fingerprint density at radius 3 is 2.56 bits per heavy atom. The van der Waals surface area contributed by atoms with Crippen LogP contribution in [0.2, 0.25) is 0 Å². The van der Waals surface area contributed by atoms with E-state index < -0.39 is 4.92 Å². The van der Waals surface area contributed by atoms with E-state index in [4.69, 9.17) is 4.74 Å². The van der Waals surface area contributed by atoms with Crippen LogP contribution < -0.4 is 5.32 Å². The molecule has 3 rings (SSSR count). The number of ether oxygens (including phenoxy) is 1. The van der Waals surface area contributed by atoms with Gasteiger partial charge in [0.2, 0.25) is 0 Å². The average Bonchev–Trinajstić information content (AvgIpc) is 2.69. The highest BCUT2D eigenvalue weighted by molar-refractivity contribution is 5.96. The van der Waals surface area contributed by atoms with Crippen molar-refractivity contribution in [3.63, 3.8) is 0 Å². The number of nitro groups is 1. The number of amides is 1. The molecule has 1 unspecified atom stereocenters. The van der Waals surface area contributed by atoms with Gasteiger partial charge in [0.05, 0.1) is 24.2 Å². The molecule has 0 aromatic heterocycles. The molecule has 2 aromatic rings. The number of nitrogens with zero attached hydrogens (tertiary/aromatic N) is 2. The van der Waals surface area contributed by atoms with E-state index in [-0.39, 0.29) is 17.6 Å². The summed E-state index contributed by atoms with van der Waals surface area (Å²) in [7, 11) is 0. The lowest BCUT2D eigenvalue weighted by Gasteiger charge is -2.31. The zero-order chi connectivity index (χ0) is 19.2. The SMILES string of the molecule is Cc1c(C(=O)NC(CN2CCOCC2)c2ccccc2)cccc1[N+](=O)[O-]. The summed E-state index contributed by atoms with van der Waals surface area (Å²) in [5.74, 6) is -0.307. The third-order valence-corrected chi connectivity index (χ3v) is 4.80. The maximum Gasteiger partial charge on any atom is 0.273 e. The zero-order valence-electron chi connectivity index (χ0n) is 15.3. The summed E-state index contributed by atoms with van der Waals surface area (Å²) in [6, 6.07) is 14.1. The minimum absolute atomic E-state index is 0.0490. The highest BCUT2D eigenvalue weighted by Crippen LogP contribution is 2.22. The van der Waals surface area contributed by atoms with Gasteiger partial charge in [0.15, 0.2) is 0 Å². The summed E-state index contributed by atoms with van der Waals surface area (Å²) in [6.45, 7) is 5.25. The Morgan fingerprint density at radius 1 is 1.19 bits per heavy atom. The second kappa shape index (κ2) is 8.75. The van der Waals surface area contributed by atoms with Crippen LogP contribution in [-0.4, -0.2) is 48.6 Å². The van der Waals surface area contributed by atoms with Gasteiger partial charge in [-0.3, -0.25) is 19.8 Å². The fourth-order valence-corrected chi connectivity index (χ4v) is 3.26. The number of benzene rings is 2. The lowest BCUT2D eigenvalue weighted by molar-refractivity contribution is -0.385. The van der Waals surface area contributed by atoms with Gasteiger partial charge in [0.1, 0.15) is 0 Å². The molecule has 142 valence electrons. The Kier molecular flexibility index (Phi) is 6.16. The van der Waals surface area contributed by atoms with Crippen molar-refractivity contribution in [2.75, 3.05) is 32.8 Å². The van der Waals surface area contributed by atoms with Gasteiger partial charge >= 0.3 is 0 Å². The van der Waals surface area contributed by atoms with Crippen LogP contribution in [-0.2, 0) is 4.74 Å². The molecule has 1 fully saturated rings. The fourth-order valence-electron chi connectivity index (χ4n) is 3.26. The Balaban J connectivity index is 1.82. The first-order valence-electron chi connectivity index (χ1n) is 8.96. The van der Waals surface area contributed by atoms with E-state index in [2.05, 4.69) is 10.2 Å². The maximum atomic E-state index is 12.9. The third-order valence-electron chi connectivity index (χ3n) is 4.80. The molecule has 1 aliphatic heterocycles. The molecule has 0 radical (unpaired) electrons. The van der Waals surface area contributed by atoms with Crippen molar-refractivity contribution in [2.24, 2.45) is 0 Å². The van der Waals surface area contributed by atoms with Gasteiger partial charge < -0.3 is 10.1 Å². The highest BCUT2D eigenvalue weighted by atomic mass is 16.6. The van der Waals surface area contributed by atoms with Gasteiger partial charge in [0.25, 0.3) is 11.6 Å². The topological polar surface area (TPSA) is 84.7 Å². The summed E-state index contributed by atoms with van der Waals surface area (Å²) in [5.41, 5.74) is 1.65. The van der Waals surface area contributed by atoms with Crippen molar-refractivity contribution in [1.29, 1.82) is 0 Å². The average molecular weight is 369 g/mol. The van der Waals surface area contributed by atoms with Gasteiger partial charge in [-0.05, 0) is 18.6 Å². The molecule has 0 spiro atoms. The van der Waals surface area contributed by atoms with Crippen molar-refractivity contribution >= 4 is 11.6 Å². The second-order valence-electron chi connectivity index (χ2n) is 6.56. The van der Waals surface area contributed by atoms with Crippen molar-refractivity contribution in [2.45, 2.75) is 13.0 Å². The van der Waals surface area contributed by atoms with Crippen LogP contribution in [0.3, 0.4) is 0 Å².